The van der Waals surface area contributed by atoms with Crippen molar-refractivity contribution in [2.24, 2.45) is 5.10 Å². The molecule has 0 saturated heterocycles. The summed E-state index contributed by atoms with van der Waals surface area (Å²) in [5.74, 6) is -0.148. The molecule has 26 heavy (non-hydrogen) atoms. The molecule has 1 N–H and O–H groups in total. The quantitative estimate of drug-likeness (QED) is 0.763. The van der Waals surface area contributed by atoms with Crippen LogP contribution in [-0.4, -0.2) is 11.6 Å². The molecule has 2 heterocycles. The molecule has 1 atom stereocenters. The first-order chi connectivity index (χ1) is 12.8. The van der Waals surface area contributed by atoms with Crippen LogP contribution in [0.1, 0.15) is 23.6 Å². The molecule has 4 rings (SSSR count). The third-order valence-corrected chi connectivity index (χ3v) is 4.41. The lowest BCUT2D eigenvalue weighted by Crippen LogP contribution is -2.29. The van der Waals surface area contributed by atoms with Crippen molar-refractivity contribution in [3.63, 3.8) is 0 Å². The highest BCUT2D eigenvalue weighted by atomic mass is 16.3. The smallest absolute Gasteiger partial charge is 0.267 e. The molecule has 0 radical (unpaired) electrons. The number of hydrogen-bond acceptors (Lipinski definition) is 4. The van der Waals surface area contributed by atoms with Crippen LogP contribution in [0.4, 0.5) is 5.69 Å². The van der Waals surface area contributed by atoms with Crippen molar-refractivity contribution in [1.82, 2.24) is 5.32 Å². The van der Waals surface area contributed by atoms with Crippen molar-refractivity contribution in [2.75, 3.05) is 5.01 Å². The predicted molar refractivity (Wildman–Crippen MR) is 101 cm³/mol. The second kappa shape index (κ2) is 7.27. The zero-order valence-electron chi connectivity index (χ0n) is 14.2. The summed E-state index contributed by atoms with van der Waals surface area (Å²) in [5.41, 5.74) is 3.57. The van der Waals surface area contributed by atoms with Crippen LogP contribution in [0, 0.1) is 0 Å². The fourth-order valence-corrected chi connectivity index (χ4v) is 3.08. The number of nitrogens with one attached hydrogen (secondary N) is 1. The molecule has 5 nitrogen and oxygen atoms in total. The molecule has 5 heteroatoms. The standard InChI is InChI=1S/C21H19N3O2/c25-21(22-14-16-11-12-26-15-16)19-13-20(17-7-3-1-4-8-17)24(23-19)18-9-5-2-6-10-18/h1-12,15,20H,13-14H2,(H,22,25)/t20-/m1/s1. The van der Waals surface area contributed by atoms with Gasteiger partial charge >= 0.3 is 0 Å². The van der Waals surface area contributed by atoms with Crippen molar-refractivity contribution in [3.8, 4) is 0 Å². The maximum Gasteiger partial charge on any atom is 0.267 e. The molecule has 2 aromatic carbocycles. The van der Waals surface area contributed by atoms with Crippen molar-refractivity contribution >= 4 is 17.3 Å². The summed E-state index contributed by atoms with van der Waals surface area (Å²) < 4.78 is 5.03. The fourth-order valence-electron chi connectivity index (χ4n) is 3.08. The number of rotatable bonds is 5. The van der Waals surface area contributed by atoms with Crippen LogP contribution < -0.4 is 10.3 Å². The molecular weight excluding hydrogens is 326 g/mol. The number of anilines is 1. The zero-order valence-corrected chi connectivity index (χ0v) is 14.2. The van der Waals surface area contributed by atoms with Crippen molar-refractivity contribution in [3.05, 3.63) is 90.4 Å². The van der Waals surface area contributed by atoms with Gasteiger partial charge in [0.2, 0.25) is 0 Å². The third-order valence-electron chi connectivity index (χ3n) is 4.41. The van der Waals surface area contributed by atoms with E-state index in [4.69, 9.17) is 4.42 Å². The minimum absolute atomic E-state index is 0.00766. The Bertz CT molecular complexity index is 890. The molecule has 0 aliphatic carbocycles. The first-order valence-corrected chi connectivity index (χ1v) is 8.57. The number of furan rings is 1. The van der Waals surface area contributed by atoms with Gasteiger partial charge in [-0.1, -0.05) is 48.5 Å². The van der Waals surface area contributed by atoms with Crippen LogP contribution in [0.5, 0.6) is 0 Å². The molecule has 130 valence electrons. The molecule has 1 aliphatic rings. The molecular formula is C21H19N3O2. The van der Waals surface area contributed by atoms with Crippen LogP contribution in [0.2, 0.25) is 0 Å². The molecule has 1 aliphatic heterocycles. The number of amides is 1. The van der Waals surface area contributed by atoms with E-state index in [0.717, 1.165) is 16.8 Å². The average Bonchev–Trinajstić information content (AvgIpc) is 3.37. The number of hydrazone groups is 1. The number of carbonyl (C=O) groups is 1. The molecule has 1 amide bonds. The highest BCUT2D eigenvalue weighted by molar-refractivity contribution is 6.39. The molecule has 1 aromatic heterocycles. The van der Waals surface area contributed by atoms with Crippen molar-refractivity contribution in [1.29, 1.82) is 0 Å². The molecule has 0 fully saturated rings. The summed E-state index contributed by atoms with van der Waals surface area (Å²) in [6.07, 6.45) is 3.78. The fraction of sp³-hybridized carbons (Fsp3) is 0.143. The number of hydrogen-bond donors (Lipinski definition) is 1. The molecule has 3 aromatic rings. The Morgan fingerprint density at radius 1 is 1.08 bits per heavy atom. The van der Waals surface area contributed by atoms with E-state index in [-0.39, 0.29) is 11.9 Å². The molecule has 0 spiro atoms. The van der Waals surface area contributed by atoms with Gasteiger partial charge in [0.05, 0.1) is 24.3 Å². The number of carbonyl (C=O) groups excluding carboxylic acids is 1. The summed E-state index contributed by atoms with van der Waals surface area (Å²) in [6.45, 7) is 0.426. The average molecular weight is 345 g/mol. The highest BCUT2D eigenvalue weighted by Gasteiger charge is 2.32. The van der Waals surface area contributed by atoms with Crippen LogP contribution in [-0.2, 0) is 11.3 Å². The largest absolute Gasteiger partial charge is 0.472 e. The number of nitrogens with zero attached hydrogens (tertiary/aromatic N) is 2. The third kappa shape index (κ3) is 3.37. The molecule has 0 unspecified atom stereocenters. The van der Waals surface area contributed by atoms with E-state index < -0.39 is 0 Å². The van der Waals surface area contributed by atoms with E-state index in [9.17, 15) is 4.79 Å². The number of benzene rings is 2. The minimum atomic E-state index is -0.148. The Balaban J connectivity index is 1.56. The van der Waals surface area contributed by atoms with Gasteiger partial charge in [-0.15, -0.1) is 0 Å². The lowest BCUT2D eigenvalue weighted by Gasteiger charge is -2.23. The van der Waals surface area contributed by atoms with Crippen LogP contribution in [0.15, 0.2) is 88.8 Å². The van der Waals surface area contributed by atoms with Gasteiger partial charge in [-0.3, -0.25) is 9.80 Å². The Labute approximate surface area is 151 Å². The predicted octanol–water partition coefficient (Wildman–Crippen LogP) is 3.90. The van der Waals surface area contributed by atoms with Gasteiger partial charge in [0.1, 0.15) is 5.71 Å². The molecule has 0 bridgehead atoms. The Morgan fingerprint density at radius 3 is 2.50 bits per heavy atom. The summed E-state index contributed by atoms with van der Waals surface area (Å²) in [6, 6.07) is 21.9. The van der Waals surface area contributed by atoms with Gasteiger partial charge in [-0.05, 0) is 23.8 Å². The van der Waals surface area contributed by atoms with Gasteiger partial charge in [0.15, 0.2) is 0 Å². The van der Waals surface area contributed by atoms with Gasteiger partial charge in [-0.25, -0.2) is 0 Å². The maximum absolute atomic E-state index is 12.6. The van der Waals surface area contributed by atoms with Crippen molar-refractivity contribution < 1.29 is 9.21 Å². The Kier molecular flexibility index (Phi) is 4.51. The van der Waals surface area contributed by atoms with Crippen LogP contribution >= 0.6 is 0 Å². The van der Waals surface area contributed by atoms with E-state index in [1.54, 1.807) is 12.5 Å². The van der Waals surface area contributed by atoms with Crippen LogP contribution in [0.25, 0.3) is 0 Å². The topological polar surface area (TPSA) is 57.8 Å². The Morgan fingerprint density at radius 2 is 1.81 bits per heavy atom. The number of para-hydroxylation sites is 1. The Hall–Kier alpha value is -3.34. The van der Waals surface area contributed by atoms with Crippen LogP contribution in [0.3, 0.4) is 0 Å². The maximum atomic E-state index is 12.6. The second-order valence-electron chi connectivity index (χ2n) is 6.17. The van der Waals surface area contributed by atoms with E-state index in [0.29, 0.717) is 18.7 Å². The summed E-state index contributed by atoms with van der Waals surface area (Å²) >= 11 is 0. The van der Waals surface area contributed by atoms with Gasteiger partial charge in [-0.2, -0.15) is 5.10 Å². The lowest BCUT2D eigenvalue weighted by atomic mass is 10.0. The molecule has 0 saturated carbocycles. The van der Waals surface area contributed by atoms with Gasteiger partial charge in [0.25, 0.3) is 5.91 Å². The SMILES string of the molecule is O=C(NCc1ccoc1)C1=NN(c2ccccc2)[C@@H](c2ccccc2)C1. The first-order valence-electron chi connectivity index (χ1n) is 8.57. The second-order valence-corrected chi connectivity index (χ2v) is 6.17. The van der Waals surface area contributed by atoms with E-state index in [2.05, 4.69) is 22.6 Å². The monoisotopic (exact) mass is 345 g/mol. The summed E-state index contributed by atoms with van der Waals surface area (Å²) in [5, 5.41) is 9.48. The summed E-state index contributed by atoms with van der Waals surface area (Å²) in [7, 11) is 0. The first kappa shape index (κ1) is 16.1. The normalized spacial score (nSPS) is 16.4. The van der Waals surface area contributed by atoms with Gasteiger partial charge < -0.3 is 9.73 Å². The summed E-state index contributed by atoms with van der Waals surface area (Å²) in [4.78, 5) is 12.6. The van der Waals surface area contributed by atoms with E-state index in [1.807, 2.05) is 59.6 Å². The minimum Gasteiger partial charge on any atom is -0.472 e. The van der Waals surface area contributed by atoms with E-state index in [1.165, 1.54) is 0 Å². The van der Waals surface area contributed by atoms with Gasteiger partial charge in [0, 0.05) is 18.5 Å². The highest BCUT2D eigenvalue weighted by Crippen LogP contribution is 2.34. The van der Waals surface area contributed by atoms with Crippen molar-refractivity contribution in [2.45, 2.75) is 19.0 Å². The van der Waals surface area contributed by atoms with E-state index >= 15 is 0 Å². The zero-order chi connectivity index (χ0) is 17.8. The lowest BCUT2D eigenvalue weighted by molar-refractivity contribution is -0.115.